The second-order valence-corrected chi connectivity index (χ2v) is 8.39. The van der Waals surface area contributed by atoms with E-state index >= 15 is 0 Å². The third-order valence-corrected chi connectivity index (χ3v) is 5.51. The first-order valence-electron chi connectivity index (χ1n) is 11.5. The second kappa shape index (κ2) is 12.6. The van der Waals surface area contributed by atoms with Crippen LogP contribution in [0.1, 0.15) is 34.6 Å². The van der Waals surface area contributed by atoms with Gasteiger partial charge in [-0.05, 0) is 20.0 Å². The number of hydrogen-bond donors (Lipinski definition) is 0. The van der Waals surface area contributed by atoms with Crippen molar-refractivity contribution in [2.24, 2.45) is 0 Å². The van der Waals surface area contributed by atoms with Crippen LogP contribution in [-0.4, -0.2) is 110 Å². The summed E-state index contributed by atoms with van der Waals surface area (Å²) in [5.41, 5.74) is -0.0257. The van der Waals surface area contributed by atoms with Crippen molar-refractivity contribution in [2.45, 2.75) is 71.4 Å². The Bertz CT molecular complexity index is 963. The van der Waals surface area contributed by atoms with Crippen molar-refractivity contribution in [3.63, 3.8) is 0 Å². The van der Waals surface area contributed by atoms with Crippen molar-refractivity contribution in [3.05, 3.63) is 11.8 Å². The topological polar surface area (TPSA) is 164 Å². The zero-order valence-corrected chi connectivity index (χ0v) is 21.7. The van der Waals surface area contributed by atoms with Crippen molar-refractivity contribution in [1.82, 2.24) is 9.80 Å². The van der Waals surface area contributed by atoms with E-state index in [2.05, 4.69) is 0 Å². The Hall–Kier alpha value is -3.52. The molecule has 0 aromatic rings. The van der Waals surface area contributed by atoms with E-state index in [0.29, 0.717) is 0 Å². The maximum Gasteiger partial charge on any atom is 0.354 e. The van der Waals surface area contributed by atoms with Crippen LogP contribution < -0.4 is 0 Å². The first kappa shape index (κ1) is 29.7. The molecule has 0 aliphatic carbocycles. The normalized spacial score (nSPS) is 26.9. The van der Waals surface area contributed by atoms with Crippen molar-refractivity contribution < 1.29 is 57.2 Å². The fourth-order valence-corrected chi connectivity index (χ4v) is 4.12. The van der Waals surface area contributed by atoms with Crippen LogP contribution in [-0.2, 0) is 57.2 Å². The zero-order chi connectivity index (χ0) is 28.0. The van der Waals surface area contributed by atoms with E-state index in [1.807, 2.05) is 0 Å². The van der Waals surface area contributed by atoms with Gasteiger partial charge in [0.1, 0.15) is 17.8 Å². The van der Waals surface area contributed by atoms with E-state index in [1.54, 1.807) is 14.0 Å². The smallest absolute Gasteiger partial charge is 0.354 e. The fraction of sp³-hybridized carbons (Fsp3) is 0.652. The minimum Gasteiger partial charge on any atom is -0.461 e. The SMILES string of the molecule is CCOC(=O)C1=CCN(C)[C@@H]([C@H](OC(C)=O)[C@H]2OC(OC(C)=O)[C@H](OC(C)=O)[C@@H]2OC(C)=O)C(=O)N1C. The third-order valence-electron chi connectivity index (χ3n) is 5.51. The monoisotopic (exact) mass is 528 g/mol. The van der Waals surface area contributed by atoms with Crippen LogP contribution in [0.3, 0.4) is 0 Å². The molecule has 6 atom stereocenters. The highest BCUT2D eigenvalue weighted by atomic mass is 16.8. The van der Waals surface area contributed by atoms with Gasteiger partial charge >= 0.3 is 29.8 Å². The van der Waals surface area contributed by atoms with Crippen molar-refractivity contribution in [1.29, 1.82) is 0 Å². The van der Waals surface area contributed by atoms with Gasteiger partial charge in [0.15, 0.2) is 12.2 Å². The van der Waals surface area contributed by atoms with E-state index in [9.17, 15) is 28.8 Å². The predicted molar refractivity (Wildman–Crippen MR) is 121 cm³/mol. The van der Waals surface area contributed by atoms with Crippen LogP contribution in [0.5, 0.6) is 0 Å². The highest BCUT2D eigenvalue weighted by molar-refractivity contribution is 5.96. The second-order valence-electron chi connectivity index (χ2n) is 8.39. The fourth-order valence-electron chi connectivity index (χ4n) is 4.12. The van der Waals surface area contributed by atoms with Crippen LogP contribution in [0.25, 0.3) is 0 Å². The molecule has 1 amide bonds. The van der Waals surface area contributed by atoms with Gasteiger partial charge < -0.3 is 33.3 Å². The Kier molecular flexibility index (Phi) is 10.1. The summed E-state index contributed by atoms with van der Waals surface area (Å²) >= 11 is 0. The van der Waals surface area contributed by atoms with Gasteiger partial charge in [-0.25, -0.2) is 4.79 Å². The van der Waals surface area contributed by atoms with Gasteiger partial charge in [-0.2, -0.15) is 0 Å². The molecule has 0 saturated carbocycles. The number of ether oxygens (including phenoxy) is 6. The zero-order valence-electron chi connectivity index (χ0n) is 21.7. The molecule has 2 rings (SSSR count). The Morgan fingerprint density at radius 3 is 2.03 bits per heavy atom. The molecule has 0 aromatic heterocycles. The molecule has 0 aromatic carbocycles. The van der Waals surface area contributed by atoms with E-state index in [-0.39, 0.29) is 18.8 Å². The molecule has 0 N–H and O–H groups in total. The molecule has 1 unspecified atom stereocenters. The Labute approximate surface area is 213 Å². The third kappa shape index (κ3) is 7.26. The highest BCUT2D eigenvalue weighted by Crippen LogP contribution is 2.34. The lowest BCUT2D eigenvalue weighted by atomic mass is 9.97. The number of amides is 1. The molecule has 0 bridgehead atoms. The molecule has 14 heteroatoms. The van der Waals surface area contributed by atoms with Crippen LogP contribution >= 0.6 is 0 Å². The van der Waals surface area contributed by atoms with Crippen molar-refractivity contribution >= 4 is 35.8 Å². The lowest BCUT2D eigenvalue weighted by Crippen LogP contribution is -2.59. The molecule has 0 radical (unpaired) electrons. The Morgan fingerprint density at radius 2 is 1.51 bits per heavy atom. The number of carbonyl (C=O) groups is 6. The van der Waals surface area contributed by atoms with Gasteiger partial charge in [-0.3, -0.25) is 28.9 Å². The minimum atomic E-state index is -1.54. The average molecular weight is 529 g/mol. The quantitative estimate of drug-likeness (QED) is 0.287. The molecular formula is C23H32N2O12. The van der Waals surface area contributed by atoms with Gasteiger partial charge in [0, 0.05) is 41.3 Å². The van der Waals surface area contributed by atoms with Crippen LogP contribution in [0.15, 0.2) is 11.8 Å². The van der Waals surface area contributed by atoms with Crippen molar-refractivity contribution in [2.75, 3.05) is 27.2 Å². The molecule has 206 valence electrons. The van der Waals surface area contributed by atoms with E-state index in [1.165, 1.54) is 18.0 Å². The molecule has 1 saturated heterocycles. The number of carbonyl (C=O) groups excluding carboxylic acids is 6. The van der Waals surface area contributed by atoms with Gasteiger partial charge in [0.25, 0.3) is 0 Å². The standard InChI is InChI=1S/C23H32N2O12/c1-8-32-22(31)15-9-10-24(6)16(21(30)25(15)7)17(33-11(2)26)18-19(34-12(3)27)20(35-13(4)28)23(37-18)36-14(5)29/h9,16-20,23H,8,10H2,1-7H3/t16-,17-,18+,19+,20+,23?/m0/s1. The Balaban J connectivity index is 2.56. The van der Waals surface area contributed by atoms with Gasteiger partial charge in [-0.15, -0.1) is 0 Å². The number of likely N-dealkylation sites (N-methyl/N-ethyl adjacent to an activating group) is 2. The first-order valence-corrected chi connectivity index (χ1v) is 11.5. The first-order chi connectivity index (χ1) is 17.3. The summed E-state index contributed by atoms with van der Waals surface area (Å²) in [5, 5.41) is 0. The molecule has 14 nitrogen and oxygen atoms in total. The molecule has 1 fully saturated rings. The molecule has 2 aliphatic rings. The summed E-state index contributed by atoms with van der Waals surface area (Å²) in [4.78, 5) is 76.2. The van der Waals surface area contributed by atoms with E-state index in [0.717, 1.165) is 32.6 Å². The minimum absolute atomic E-state index is 0.0257. The molecule has 2 aliphatic heterocycles. The average Bonchev–Trinajstić information content (AvgIpc) is 3.01. The van der Waals surface area contributed by atoms with Crippen LogP contribution in [0.4, 0.5) is 0 Å². The predicted octanol–water partition coefficient (Wildman–Crippen LogP) is -0.711. The largest absolute Gasteiger partial charge is 0.461 e. The summed E-state index contributed by atoms with van der Waals surface area (Å²) in [5.74, 6) is -4.59. The van der Waals surface area contributed by atoms with Gasteiger partial charge in [-0.1, -0.05) is 0 Å². The molecule has 2 heterocycles. The summed E-state index contributed by atoms with van der Waals surface area (Å²) in [7, 11) is 2.89. The molecular weight excluding hydrogens is 496 g/mol. The lowest BCUT2D eigenvalue weighted by Gasteiger charge is -2.36. The summed E-state index contributed by atoms with van der Waals surface area (Å²) in [6.45, 7) is 6.13. The summed E-state index contributed by atoms with van der Waals surface area (Å²) < 4.78 is 32.1. The lowest BCUT2D eigenvalue weighted by molar-refractivity contribution is -0.204. The summed E-state index contributed by atoms with van der Waals surface area (Å²) in [6.07, 6.45) is -5.80. The van der Waals surface area contributed by atoms with E-state index < -0.39 is 72.5 Å². The van der Waals surface area contributed by atoms with Crippen LogP contribution in [0.2, 0.25) is 0 Å². The Morgan fingerprint density at radius 1 is 0.946 bits per heavy atom. The van der Waals surface area contributed by atoms with Gasteiger partial charge in [0.05, 0.1) is 6.61 Å². The maximum atomic E-state index is 13.6. The number of hydrogen-bond acceptors (Lipinski definition) is 13. The highest BCUT2D eigenvalue weighted by Gasteiger charge is 2.58. The van der Waals surface area contributed by atoms with Crippen molar-refractivity contribution in [3.8, 4) is 0 Å². The van der Waals surface area contributed by atoms with E-state index in [4.69, 9.17) is 28.4 Å². The molecule has 37 heavy (non-hydrogen) atoms. The number of rotatable bonds is 8. The van der Waals surface area contributed by atoms with Gasteiger partial charge in [0.2, 0.25) is 18.3 Å². The maximum absolute atomic E-state index is 13.6. The summed E-state index contributed by atoms with van der Waals surface area (Å²) in [6, 6.07) is -1.27. The molecule has 0 spiro atoms. The van der Waals surface area contributed by atoms with Crippen LogP contribution in [0, 0.1) is 0 Å². The number of esters is 5. The number of nitrogens with zero attached hydrogens (tertiary/aromatic N) is 2.